The summed E-state index contributed by atoms with van der Waals surface area (Å²) in [6.45, 7) is 3.51. The van der Waals surface area contributed by atoms with Crippen LogP contribution in [-0.4, -0.2) is 19.6 Å². The van der Waals surface area contributed by atoms with Gasteiger partial charge < -0.3 is 0 Å². The van der Waals surface area contributed by atoms with Gasteiger partial charge >= 0.3 is 0 Å². The predicted octanol–water partition coefficient (Wildman–Crippen LogP) is 2.52. The average molecular weight is 333 g/mol. The van der Waals surface area contributed by atoms with Gasteiger partial charge in [0, 0.05) is 12.1 Å². The van der Waals surface area contributed by atoms with Crippen molar-refractivity contribution in [3.05, 3.63) is 69.3 Å². The smallest absolute Gasteiger partial charge is 0.258 e. The second kappa shape index (κ2) is 6.57. The van der Waals surface area contributed by atoms with Gasteiger partial charge in [0.25, 0.3) is 15.7 Å². The molecule has 23 heavy (non-hydrogen) atoms. The molecule has 0 saturated heterocycles. The van der Waals surface area contributed by atoms with E-state index in [4.69, 9.17) is 0 Å². The minimum atomic E-state index is -3.76. The fourth-order valence-corrected chi connectivity index (χ4v) is 3.02. The van der Waals surface area contributed by atoms with E-state index in [9.17, 15) is 18.5 Å². The summed E-state index contributed by atoms with van der Waals surface area (Å²) in [4.78, 5) is 12.3. The summed E-state index contributed by atoms with van der Waals surface area (Å²) in [5.41, 5.74) is 1.95. The van der Waals surface area contributed by atoms with Crippen LogP contribution in [0.15, 0.2) is 52.5 Å². The maximum Gasteiger partial charge on any atom is 0.276 e. The zero-order chi connectivity index (χ0) is 17.0. The number of nitro benzene ring substituents is 1. The number of sulfonamides is 1. The molecule has 2 aromatic carbocycles. The summed E-state index contributed by atoms with van der Waals surface area (Å²) >= 11 is 0. The van der Waals surface area contributed by atoms with E-state index in [0.29, 0.717) is 11.1 Å². The summed E-state index contributed by atoms with van der Waals surface area (Å²) in [5.74, 6) is 0. The molecule has 0 aromatic heterocycles. The summed E-state index contributed by atoms with van der Waals surface area (Å²) in [7, 11) is -3.76. The van der Waals surface area contributed by atoms with Crippen LogP contribution in [-0.2, 0) is 10.0 Å². The molecule has 120 valence electrons. The van der Waals surface area contributed by atoms with Crippen molar-refractivity contribution in [3.8, 4) is 0 Å². The summed E-state index contributed by atoms with van der Waals surface area (Å²) in [6, 6.07) is 10.7. The first-order chi connectivity index (χ1) is 10.8. The molecule has 0 heterocycles. The fourth-order valence-electron chi connectivity index (χ4n) is 1.90. The van der Waals surface area contributed by atoms with Crippen molar-refractivity contribution >= 4 is 21.9 Å². The van der Waals surface area contributed by atoms with Crippen molar-refractivity contribution in [2.45, 2.75) is 18.7 Å². The van der Waals surface area contributed by atoms with Crippen molar-refractivity contribution in [1.29, 1.82) is 0 Å². The topological polar surface area (TPSA) is 102 Å². The monoisotopic (exact) mass is 333 g/mol. The molecule has 1 N–H and O–H groups in total. The number of hydrogen-bond donors (Lipinski definition) is 1. The minimum Gasteiger partial charge on any atom is -0.258 e. The third kappa shape index (κ3) is 4.13. The van der Waals surface area contributed by atoms with Crippen LogP contribution in [0.1, 0.15) is 16.7 Å². The maximum atomic E-state index is 12.2. The highest BCUT2D eigenvalue weighted by atomic mass is 32.2. The lowest BCUT2D eigenvalue weighted by Gasteiger charge is -2.07. The van der Waals surface area contributed by atoms with Gasteiger partial charge in [-0.3, -0.25) is 10.1 Å². The molecule has 7 nitrogen and oxygen atoms in total. The highest BCUT2D eigenvalue weighted by Crippen LogP contribution is 2.16. The SMILES string of the molecule is Cc1ccc(C)c(S(=O)(=O)N/N=C/c2ccc([N+](=O)[O-])cc2)c1. The molecule has 0 bridgehead atoms. The number of benzene rings is 2. The van der Waals surface area contributed by atoms with Crippen molar-refractivity contribution < 1.29 is 13.3 Å². The lowest BCUT2D eigenvalue weighted by atomic mass is 10.2. The third-order valence-electron chi connectivity index (χ3n) is 3.12. The molecule has 2 aromatic rings. The van der Waals surface area contributed by atoms with Gasteiger partial charge in [0.05, 0.1) is 16.0 Å². The zero-order valence-electron chi connectivity index (χ0n) is 12.6. The number of rotatable bonds is 5. The fraction of sp³-hybridized carbons (Fsp3) is 0.133. The molecule has 2 rings (SSSR count). The van der Waals surface area contributed by atoms with Crippen LogP contribution in [0.3, 0.4) is 0 Å². The molecule has 0 atom stereocenters. The Bertz CT molecular complexity index is 859. The van der Waals surface area contributed by atoms with E-state index in [2.05, 4.69) is 9.93 Å². The molecule has 0 aliphatic carbocycles. The van der Waals surface area contributed by atoms with Gasteiger partial charge in [0.15, 0.2) is 0 Å². The van der Waals surface area contributed by atoms with E-state index in [1.54, 1.807) is 26.0 Å². The van der Waals surface area contributed by atoms with Crippen LogP contribution >= 0.6 is 0 Å². The van der Waals surface area contributed by atoms with Crippen LogP contribution < -0.4 is 4.83 Å². The van der Waals surface area contributed by atoms with E-state index in [-0.39, 0.29) is 10.6 Å². The van der Waals surface area contributed by atoms with Gasteiger partial charge in [-0.25, -0.2) is 4.83 Å². The van der Waals surface area contributed by atoms with E-state index >= 15 is 0 Å². The number of nitrogens with one attached hydrogen (secondary N) is 1. The van der Waals surface area contributed by atoms with Crippen molar-refractivity contribution in [3.63, 3.8) is 0 Å². The summed E-state index contributed by atoms with van der Waals surface area (Å²) in [5, 5.41) is 14.3. The first-order valence-corrected chi connectivity index (χ1v) is 8.14. The molecule has 0 aliphatic rings. The number of hydrazone groups is 1. The van der Waals surface area contributed by atoms with Crippen LogP contribution in [0.5, 0.6) is 0 Å². The summed E-state index contributed by atoms with van der Waals surface area (Å²) in [6.07, 6.45) is 1.28. The third-order valence-corrected chi connectivity index (χ3v) is 4.49. The number of nitrogens with zero attached hydrogens (tertiary/aromatic N) is 2. The molecule has 0 aliphatic heterocycles. The Hall–Kier alpha value is -2.74. The minimum absolute atomic E-state index is 0.0434. The lowest BCUT2D eigenvalue weighted by molar-refractivity contribution is -0.384. The van der Waals surface area contributed by atoms with Crippen LogP contribution in [0, 0.1) is 24.0 Å². The highest BCUT2D eigenvalue weighted by Gasteiger charge is 2.15. The molecular weight excluding hydrogens is 318 g/mol. The molecule has 0 radical (unpaired) electrons. The second-order valence-corrected chi connectivity index (χ2v) is 6.60. The highest BCUT2D eigenvalue weighted by molar-refractivity contribution is 7.89. The quantitative estimate of drug-likeness (QED) is 0.516. The van der Waals surface area contributed by atoms with Crippen LogP contribution in [0.25, 0.3) is 0 Å². The van der Waals surface area contributed by atoms with Crippen molar-refractivity contribution in [1.82, 2.24) is 4.83 Å². The molecule has 0 amide bonds. The lowest BCUT2D eigenvalue weighted by Crippen LogP contribution is -2.19. The standard InChI is InChI=1S/C15H15N3O4S/c1-11-3-4-12(2)15(9-11)23(21,22)17-16-10-13-5-7-14(8-6-13)18(19)20/h3-10,17H,1-2H3/b16-10+. The van der Waals surface area contributed by atoms with Crippen molar-refractivity contribution in [2.75, 3.05) is 0 Å². The van der Waals surface area contributed by atoms with E-state index in [1.807, 2.05) is 6.07 Å². The van der Waals surface area contributed by atoms with Gasteiger partial charge in [0.2, 0.25) is 0 Å². The van der Waals surface area contributed by atoms with E-state index in [1.165, 1.54) is 30.5 Å². The Morgan fingerprint density at radius 1 is 1.13 bits per heavy atom. The number of hydrogen-bond acceptors (Lipinski definition) is 5. The molecule has 0 spiro atoms. The van der Waals surface area contributed by atoms with Crippen LogP contribution in [0.2, 0.25) is 0 Å². The van der Waals surface area contributed by atoms with E-state index in [0.717, 1.165) is 5.56 Å². The van der Waals surface area contributed by atoms with Gasteiger partial charge in [-0.1, -0.05) is 12.1 Å². The largest absolute Gasteiger partial charge is 0.276 e. The molecule has 0 saturated carbocycles. The average Bonchev–Trinajstić information content (AvgIpc) is 2.50. The summed E-state index contributed by atoms with van der Waals surface area (Å²) < 4.78 is 24.4. The zero-order valence-corrected chi connectivity index (χ0v) is 13.4. The first kappa shape index (κ1) is 16.6. The number of aryl methyl sites for hydroxylation is 2. The Morgan fingerprint density at radius 3 is 2.39 bits per heavy atom. The second-order valence-electron chi connectivity index (χ2n) is 4.97. The van der Waals surface area contributed by atoms with Gasteiger partial charge in [-0.15, -0.1) is 0 Å². The Kier molecular flexibility index (Phi) is 4.75. The maximum absolute atomic E-state index is 12.2. The molecular formula is C15H15N3O4S. The molecule has 8 heteroatoms. The van der Waals surface area contributed by atoms with Crippen LogP contribution in [0.4, 0.5) is 5.69 Å². The van der Waals surface area contributed by atoms with E-state index < -0.39 is 14.9 Å². The number of nitro groups is 1. The Morgan fingerprint density at radius 2 is 1.78 bits per heavy atom. The van der Waals surface area contributed by atoms with Gasteiger partial charge in [-0.05, 0) is 48.7 Å². The van der Waals surface area contributed by atoms with Gasteiger partial charge in [-0.2, -0.15) is 13.5 Å². The van der Waals surface area contributed by atoms with Gasteiger partial charge in [0.1, 0.15) is 0 Å². The Labute approximate surface area is 133 Å². The number of non-ortho nitro benzene ring substituents is 1. The molecule has 0 unspecified atom stereocenters. The Balaban J connectivity index is 2.15. The molecule has 0 fully saturated rings. The van der Waals surface area contributed by atoms with Crippen molar-refractivity contribution in [2.24, 2.45) is 5.10 Å². The predicted molar refractivity (Wildman–Crippen MR) is 86.9 cm³/mol. The first-order valence-electron chi connectivity index (χ1n) is 6.66. The normalized spacial score (nSPS) is 11.6.